The lowest BCUT2D eigenvalue weighted by atomic mass is 10.0. The number of benzene rings is 1. The number of halogens is 7. The van der Waals surface area contributed by atoms with Gasteiger partial charge in [0, 0.05) is 5.56 Å². The van der Waals surface area contributed by atoms with E-state index in [2.05, 4.69) is 0 Å². The van der Waals surface area contributed by atoms with Gasteiger partial charge in [-0.25, -0.2) is 8.78 Å². The number of carbonyl (C=O) groups excluding carboxylic acids is 1. The molecule has 0 aromatic heterocycles. The molecule has 1 rings (SSSR count). The highest BCUT2D eigenvalue weighted by atomic mass is 19.4. The first kappa shape index (κ1) is 14.5. The summed E-state index contributed by atoms with van der Waals surface area (Å²) in [4.78, 5) is 11.0. The van der Waals surface area contributed by atoms with E-state index >= 15 is 0 Å². The number of hydrogen-bond acceptors (Lipinski definition) is 1. The van der Waals surface area contributed by atoms with Crippen LogP contribution in [0.2, 0.25) is 0 Å². The van der Waals surface area contributed by atoms with Crippen molar-refractivity contribution in [3.05, 3.63) is 35.4 Å². The third-order valence-electron chi connectivity index (χ3n) is 2.05. The third kappa shape index (κ3) is 2.80. The zero-order valence-corrected chi connectivity index (χ0v) is 8.44. The zero-order valence-electron chi connectivity index (χ0n) is 8.44. The van der Waals surface area contributed by atoms with Gasteiger partial charge in [0.1, 0.15) is 0 Å². The smallest absolute Gasteiger partial charge is 0.287 e. The van der Waals surface area contributed by atoms with Gasteiger partial charge in [0.15, 0.2) is 0 Å². The van der Waals surface area contributed by atoms with Gasteiger partial charge < -0.3 is 0 Å². The van der Waals surface area contributed by atoms with Gasteiger partial charge in [0.2, 0.25) is 5.78 Å². The Morgan fingerprint density at radius 3 is 1.72 bits per heavy atom. The molecule has 0 atom stereocenters. The third-order valence-corrected chi connectivity index (χ3v) is 2.05. The Kier molecular flexibility index (Phi) is 3.68. The average Bonchev–Trinajstić information content (AvgIpc) is 2.26. The van der Waals surface area contributed by atoms with Crippen molar-refractivity contribution >= 4 is 5.78 Å². The van der Waals surface area contributed by atoms with Gasteiger partial charge >= 0.3 is 18.5 Å². The summed E-state index contributed by atoms with van der Waals surface area (Å²) >= 11 is 0. The van der Waals surface area contributed by atoms with Crippen molar-refractivity contribution in [1.29, 1.82) is 0 Å². The van der Waals surface area contributed by atoms with E-state index in [1.807, 2.05) is 0 Å². The SMILES string of the molecule is O=C(c1ccc(C(F)(F)F)cc1)C(F)(F)C(F)F. The highest BCUT2D eigenvalue weighted by Crippen LogP contribution is 2.31. The van der Waals surface area contributed by atoms with E-state index < -0.39 is 35.4 Å². The van der Waals surface area contributed by atoms with Gasteiger partial charge in [-0.1, -0.05) is 12.1 Å². The van der Waals surface area contributed by atoms with Crippen LogP contribution in [0.15, 0.2) is 24.3 Å². The molecule has 0 spiro atoms. The molecular weight excluding hydrogens is 269 g/mol. The minimum Gasteiger partial charge on any atom is -0.287 e. The van der Waals surface area contributed by atoms with Crippen molar-refractivity contribution in [2.75, 3.05) is 0 Å². The van der Waals surface area contributed by atoms with Gasteiger partial charge in [-0.3, -0.25) is 4.79 Å². The highest BCUT2D eigenvalue weighted by Gasteiger charge is 2.49. The fourth-order valence-corrected chi connectivity index (χ4v) is 1.10. The quantitative estimate of drug-likeness (QED) is 0.605. The first-order valence-electron chi connectivity index (χ1n) is 4.45. The molecule has 0 heterocycles. The monoisotopic (exact) mass is 274 g/mol. The predicted molar refractivity (Wildman–Crippen MR) is 46.7 cm³/mol. The lowest BCUT2D eigenvalue weighted by Gasteiger charge is -2.14. The molecule has 0 saturated carbocycles. The second-order valence-electron chi connectivity index (χ2n) is 3.33. The summed E-state index contributed by atoms with van der Waals surface area (Å²) in [7, 11) is 0. The number of alkyl halides is 7. The molecule has 0 aliphatic heterocycles. The standard InChI is InChI=1S/C10H5F7O/c11-8(12)9(13,14)7(18)5-1-3-6(4-2-5)10(15,16)17/h1-4,8H. The molecule has 1 aromatic carbocycles. The maximum atomic E-state index is 12.6. The molecule has 0 bridgehead atoms. The van der Waals surface area contributed by atoms with Crippen molar-refractivity contribution in [1.82, 2.24) is 0 Å². The van der Waals surface area contributed by atoms with Crippen LogP contribution >= 0.6 is 0 Å². The van der Waals surface area contributed by atoms with Crippen LogP contribution in [0, 0.1) is 0 Å². The number of ketones is 1. The molecule has 0 radical (unpaired) electrons. The Morgan fingerprint density at radius 2 is 1.39 bits per heavy atom. The van der Waals surface area contributed by atoms with Crippen LogP contribution in [0.1, 0.15) is 15.9 Å². The molecular formula is C10H5F7O. The molecule has 0 N–H and O–H groups in total. The molecule has 0 aliphatic carbocycles. The van der Waals surface area contributed by atoms with Crippen LogP contribution in [0.5, 0.6) is 0 Å². The predicted octanol–water partition coefficient (Wildman–Crippen LogP) is 3.79. The first-order valence-corrected chi connectivity index (χ1v) is 4.45. The first-order chi connectivity index (χ1) is 8.06. The Labute approximate surface area is 96.2 Å². The van der Waals surface area contributed by atoms with Crippen LogP contribution in [-0.4, -0.2) is 18.1 Å². The summed E-state index contributed by atoms with van der Waals surface area (Å²) < 4.78 is 85.4. The van der Waals surface area contributed by atoms with Crippen LogP contribution in [0.3, 0.4) is 0 Å². The molecule has 8 heteroatoms. The second-order valence-corrected chi connectivity index (χ2v) is 3.33. The number of hydrogen-bond donors (Lipinski definition) is 0. The topological polar surface area (TPSA) is 17.1 Å². The van der Waals surface area contributed by atoms with Crippen molar-refractivity contribution in [3.8, 4) is 0 Å². The molecule has 0 saturated heterocycles. The summed E-state index contributed by atoms with van der Waals surface area (Å²) in [6.07, 6.45) is -8.92. The zero-order chi connectivity index (χ0) is 14.1. The molecule has 18 heavy (non-hydrogen) atoms. The molecule has 0 unspecified atom stereocenters. The normalized spacial score (nSPS) is 12.9. The molecule has 1 aromatic rings. The van der Waals surface area contributed by atoms with Gasteiger partial charge in [-0.15, -0.1) is 0 Å². The largest absolute Gasteiger partial charge is 0.416 e. The van der Waals surface area contributed by atoms with E-state index in [0.717, 1.165) is 0 Å². The van der Waals surface area contributed by atoms with E-state index in [1.54, 1.807) is 0 Å². The molecule has 1 nitrogen and oxygen atoms in total. The minimum absolute atomic E-state index is 0.370. The van der Waals surface area contributed by atoms with Crippen molar-refractivity contribution in [2.24, 2.45) is 0 Å². The average molecular weight is 274 g/mol. The fourth-order valence-electron chi connectivity index (χ4n) is 1.10. The van der Waals surface area contributed by atoms with E-state index in [0.29, 0.717) is 24.3 Å². The van der Waals surface area contributed by atoms with Crippen molar-refractivity contribution < 1.29 is 35.5 Å². The van der Waals surface area contributed by atoms with Crippen LogP contribution in [0.25, 0.3) is 0 Å². The van der Waals surface area contributed by atoms with Crippen LogP contribution in [-0.2, 0) is 6.18 Å². The maximum Gasteiger partial charge on any atom is 0.416 e. The van der Waals surface area contributed by atoms with E-state index in [1.165, 1.54) is 0 Å². The Balaban J connectivity index is 3.03. The lowest BCUT2D eigenvalue weighted by molar-refractivity contribution is -0.137. The van der Waals surface area contributed by atoms with E-state index in [9.17, 15) is 35.5 Å². The van der Waals surface area contributed by atoms with Crippen LogP contribution in [0.4, 0.5) is 30.7 Å². The maximum absolute atomic E-state index is 12.6. The van der Waals surface area contributed by atoms with Gasteiger partial charge in [0.05, 0.1) is 5.56 Å². The fraction of sp³-hybridized carbons (Fsp3) is 0.300. The summed E-state index contributed by atoms with van der Waals surface area (Å²) in [6, 6.07) is 1.60. The number of rotatable bonds is 3. The van der Waals surface area contributed by atoms with Gasteiger partial charge in [0.25, 0.3) is 0 Å². The Morgan fingerprint density at radius 1 is 0.944 bits per heavy atom. The Hall–Kier alpha value is -1.60. The van der Waals surface area contributed by atoms with Gasteiger partial charge in [-0.05, 0) is 12.1 Å². The summed E-state index contributed by atoms with van der Waals surface area (Å²) in [5.41, 5.74) is -2.08. The molecule has 0 amide bonds. The minimum atomic E-state index is -4.92. The highest BCUT2D eigenvalue weighted by molar-refractivity contribution is 6.01. The van der Waals surface area contributed by atoms with E-state index in [-0.39, 0.29) is 0 Å². The Bertz CT molecular complexity index is 433. The summed E-state index contributed by atoms with van der Waals surface area (Å²) in [6.45, 7) is 0. The number of Topliss-reactive ketones (excluding diaryl/α,β-unsaturated/α-hetero) is 1. The summed E-state index contributed by atoms with van der Waals surface area (Å²) in [5, 5.41) is 0. The second kappa shape index (κ2) is 4.58. The number of carbonyl (C=O) groups is 1. The van der Waals surface area contributed by atoms with Crippen molar-refractivity contribution in [3.63, 3.8) is 0 Å². The van der Waals surface area contributed by atoms with Crippen molar-refractivity contribution in [2.45, 2.75) is 18.5 Å². The summed E-state index contributed by atoms with van der Waals surface area (Å²) in [5.74, 6) is -7.13. The van der Waals surface area contributed by atoms with Gasteiger partial charge in [-0.2, -0.15) is 22.0 Å². The molecule has 0 aliphatic rings. The van der Waals surface area contributed by atoms with E-state index in [4.69, 9.17) is 0 Å². The van der Waals surface area contributed by atoms with Crippen LogP contribution < -0.4 is 0 Å². The molecule has 0 fully saturated rings. The lowest BCUT2D eigenvalue weighted by Crippen LogP contribution is -2.36. The molecule has 100 valence electrons.